The Morgan fingerprint density at radius 1 is 1.11 bits per heavy atom. The molecule has 2 heterocycles. The van der Waals surface area contributed by atoms with E-state index in [4.69, 9.17) is 4.74 Å². The van der Waals surface area contributed by atoms with Crippen LogP contribution >= 0.6 is 0 Å². The summed E-state index contributed by atoms with van der Waals surface area (Å²) in [5.74, 6) is 0.629. The second kappa shape index (κ2) is 6.92. The molecule has 0 bridgehead atoms. The van der Waals surface area contributed by atoms with Gasteiger partial charge in [0.1, 0.15) is 11.9 Å². The number of benzene rings is 2. The van der Waals surface area contributed by atoms with Crippen LogP contribution in [0.4, 0.5) is 4.79 Å². The van der Waals surface area contributed by atoms with Gasteiger partial charge in [-0.25, -0.2) is 19.3 Å². The first-order valence-electron chi connectivity index (χ1n) is 9.05. The van der Waals surface area contributed by atoms with Crippen LogP contribution in [0, 0.1) is 0 Å². The van der Waals surface area contributed by atoms with Crippen LogP contribution in [0.3, 0.4) is 0 Å². The van der Waals surface area contributed by atoms with Crippen LogP contribution < -0.4 is 5.32 Å². The van der Waals surface area contributed by atoms with Crippen LogP contribution in [0.25, 0.3) is 27.9 Å². The Hall–Kier alpha value is -3.48. The van der Waals surface area contributed by atoms with E-state index >= 15 is 0 Å². The minimum atomic E-state index is -0.512. The molecule has 0 aliphatic rings. The van der Waals surface area contributed by atoms with E-state index in [1.165, 1.54) is 0 Å². The summed E-state index contributed by atoms with van der Waals surface area (Å²) >= 11 is 0. The molecule has 4 rings (SSSR count). The lowest BCUT2D eigenvalue weighted by atomic mass is 10.1. The van der Waals surface area contributed by atoms with Gasteiger partial charge < -0.3 is 10.1 Å². The highest BCUT2D eigenvalue weighted by molar-refractivity contribution is 5.91. The van der Waals surface area contributed by atoms with Crippen molar-refractivity contribution < 1.29 is 9.53 Å². The zero-order valence-electron chi connectivity index (χ0n) is 16.0. The van der Waals surface area contributed by atoms with Crippen molar-refractivity contribution in [2.24, 2.45) is 0 Å². The molecule has 7 heteroatoms. The Morgan fingerprint density at radius 3 is 2.61 bits per heavy atom. The van der Waals surface area contributed by atoms with E-state index < -0.39 is 11.7 Å². The third-order valence-electron chi connectivity index (χ3n) is 4.13. The number of carbonyl (C=O) groups excluding carboxylic acids is 1. The molecule has 0 aliphatic heterocycles. The summed E-state index contributed by atoms with van der Waals surface area (Å²) < 4.78 is 6.93. The van der Waals surface area contributed by atoms with E-state index in [1.807, 2.05) is 69.3 Å². The minimum Gasteiger partial charge on any atom is -0.444 e. The number of amides is 1. The van der Waals surface area contributed by atoms with Crippen molar-refractivity contribution in [3.63, 3.8) is 0 Å². The predicted octanol–water partition coefficient (Wildman–Crippen LogP) is 3.97. The number of para-hydroxylation sites is 1. The topological polar surface area (TPSA) is 81.4 Å². The van der Waals surface area contributed by atoms with Crippen LogP contribution in [0.5, 0.6) is 0 Å². The summed E-state index contributed by atoms with van der Waals surface area (Å²) in [6.07, 6.45) is 1.24. The minimum absolute atomic E-state index is 0.391. The molecule has 0 atom stereocenters. The molecule has 0 radical (unpaired) electrons. The molecule has 0 spiro atoms. The number of hydrogen-bond acceptors (Lipinski definition) is 5. The van der Waals surface area contributed by atoms with Crippen molar-refractivity contribution in [1.29, 1.82) is 0 Å². The van der Waals surface area contributed by atoms with Crippen molar-refractivity contribution in [1.82, 2.24) is 24.9 Å². The fourth-order valence-electron chi connectivity index (χ4n) is 2.86. The first-order chi connectivity index (χ1) is 13.4. The number of nitrogens with one attached hydrogen (secondary N) is 1. The van der Waals surface area contributed by atoms with Crippen molar-refractivity contribution in [2.75, 3.05) is 0 Å². The van der Waals surface area contributed by atoms with E-state index in [0.29, 0.717) is 12.4 Å². The first-order valence-corrected chi connectivity index (χ1v) is 9.05. The second-order valence-electron chi connectivity index (χ2n) is 7.52. The molecular formula is C21H21N5O2. The molecule has 0 saturated heterocycles. The Labute approximate surface area is 162 Å². The van der Waals surface area contributed by atoms with Gasteiger partial charge in [-0.1, -0.05) is 36.4 Å². The zero-order valence-corrected chi connectivity index (χ0v) is 16.0. The smallest absolute Gasteiger partial charge is 0.407 e. The fraction of sp³-hybridized carbons (Fsp3) is 0.238. The normalized spacial score (nSPS) is 11.7. The third-order valence-corrected chi connectivity index (χ3v) is 4.13. The maximum Gasteiger partial charge on any atom is 0.407 e. The van der Waals surface area contributed by atoms with Gasteiger partial charge in [-0.15, -0.1) is 5.10 Å². The number of fused-ring (bicyclic) bond motifs is 3. The van der Waals surface area contributed by atoms with E-state index in [9.17, 15) is 4.79 Å². The summed E-state index contributed by atoms with van der Waals surface area (Å²) in [7, 11) is 0. The largest absolute Gasteiger partial charge is 0.444 e. The summed E-state index contributed by atoms with van der Waals surface area (Å²) in [6.45, 7) is 5.90. The molecule has 1 N–H and O–H groups in total. The molecule has 0 fully saturated rings. The van der Waals surface area contributed by atoms with Gasteiger partial charge in [0.25, 0.3) is 0 Å². The lowest BCUT2D eigenvalue weighted by molar-refractivity contribution is 0.0523. The maximum absolute atomic E-state index is 11.8. The molecule has 4 aromatic rings. The van der Waals surface area contributed by atoms with Crippen molar-refractivity contribution >= 4 is 22.6 Å². The van der Waals surface area contributed by atoms with Crippen molar-refractivity contribution in [2.45, 2.75) is 32.9 Å². The van der Waals surface area contributed by atoms with Crippen molar-refractivity contribution in [3.05, 3.63) is 60.4 Å². The highest BCUT2D eigenvalue weighted by Crippen LogP contribution is 2.21. The number of rotatable bonds is 3. The second-order valence-corrected chi connectivity index (χ2v) is 7.52. The standard InChI is InChI=1S/C21H21N5O2/c1-21(2,3)28-20(27)22-12-14-8-10-15(11-9-14)18-24-19-16-6-4-5-7-17(16)23-13-26(19)25-18/h4-11,13H,12H2,1-3H3,(H,22,27). The third kappa shape index (κ3) is 3.78. The van der Waals surface area contributed by atoms with E-state index in [0.717, 1.165) is 27.7 Å². The number of ether oxygens (including phenoxy) is 1. The first kappa shape index (κ1) is 17.9. The number of alkyl carbamates (subject to hydrolysis) is 1. The summed E-state index contributed by atoms with van der Waals surface area (Å²) in [5, 5.41) is 8.24. The van der Waals surface area contributed by atoms with Gasteiger partial charge in [0.05, 0.1) is 5.52 Å². The van der Waals surface area contributed by atoms with Gasteiger partial charge in [0, 0.05) is 17.5 Å². The van der Waals surface area contributed by atoms with Crippen LogP contribution in [0.1, 0.15) is 26.3 Å². The number of nitrogens with zero attached hydrogens (tertiary/aromatic N) is 4. The van der Waals surface area contributed by atoms with Crippen molar-refractivity contribution in [3.8, 4) is 11.4 Å². The van der Waals surface area contributed by atoms with E-state index in [-0.39, 0.29) is 0 Å². The molecule has 0 aliphatic carbocycles. The number of carbonyl (C=O) groups is 1. The molecule has 1 amide bonds. The molecular weight excluding hydrogens is 354 g/mol. The van der Waals surface area contributed by atoms with Crippen LogP contribution in [-0.2, 0) is 11.3 Å². The van der Waals surface area contributed by atoms with Gasteiger partial charge >= 0.3 is 6.09 Å². The number of hydrogen-bond donors (Lipinski definition) is 1. The molecule has 0 unspecified atom stereocenters. The van der Waals surface area contributed by atoms with Gasteiger partial charge in [-0.3, -0.25) is 0 Å². The SMILES string of the molecule is CC(C)(C)OC(=O)NCc1ccc(-c2nc3c4ccccc4ncn3n2)cc1. The molecule has 0 saturated carbocycles. The quantitative estimate of drug-likeness (QED) is 0.586. The zero-order chi connectivity index (χ0) is 19.7. The van der Waals surface area contributed by atoms with Crippen LogP contribution in [-0.4, -0.2) is 31.3 Å². The van der Waals surface area contributed by atoms with Gasteiger partial charge in [-0.2, -0.15) is 0 Å². The fourth-order valence-corrected chi connectivity index (χ4v) is 2.86. The molecule has 2 aromatic heterocycles. The maximum atomic E-state index is 11.8. The van der Waals surface area contributed by atoms with E-state index in [1.54, 1.807) is 10.8 Å². The predicted molar refractivity (Wildman–Crippen MR) is 107 cm³/mol. The average molecular weight is 375 g/mol. The summed E-state index contributed by atoms with van der Waals surface area (Å²) in [6, 6.07) is 15.6. The average Bonchev–Trinajstić information content (AvgIpc) is 3.10. The summed E-state index contributed by atoms with van der Waals surface area (Å²) in [5.41, 5.74) is 3.01. The van der Waals surface area contributed by atoms with Gasteiger partial charge in [0.15, 0.2) is 11.5 Å². The molecule has 28 heavy (non-hydrogen) atoms. The van der Waals surface area contributed by atoms with E-state index in [2.05, 4.69) is 20.4 Å². The lowest BCUT2D eigenvalue weighted by Crippen LogP contribution is -2.32. The highest BCUT2D eigenvalue weighted by Gasteiger charge is 2.15. The van der Waals surface area contributed by atoms with Crippen LogP contribution in [0.2, 0.25) is 0 Å². The van der Waals surface area contributed by atoms with Gasteiger partial charge in [-0.05, 0) is 38.5 Å². The Morgan fingerprint density at radius 2 is 1.86 bits per heavy atom. The Kier molecular flexibility index (Phi) is 4.43. The highest BCUT2D eigenvalue weighted by atomic mass is 16.6. The molecule has 142 valence electrons. The molecule has 2 aromatic carbocycles. The summed E-state index contributed by atoms with van der Waals surface area (Å²) in [4.78, 5) is 20.8. The Balaban J connectivity index is 1.52. The number of aromatic nitrogens is 4. The van der Waals surface area contributed by atoms with Crippen LogP contribution in [0.15, 0.2) is 54.9 Å². The van der Waals surface area contributed by atoms with Gasteiger partial charge in [0.2, 0.25) is 0 Å². The lowest BCUT2D eigenvalue weighted by Gasteiger charge is -2.19. The Bertz CT molecular complexity index is 1140. The monoisotopic (exact) mass is 375 g/mol. The molecule has 7 nitrogen and oxygen atoms in total.